The van der Waals surface area contributed by atoms with Crippen LogP contribution in [0.25, 0.3) is 0 Å². The van der Waals surface area contributed by atoms with Gasteiger partial charge in [0.2, 0.25) is 5.95 Å². The van der Waals surface area contributed by atoms with Crippen molar-refractivity contribution in [2.75, 3.05) is 18.6 Å². The van der Waals surface area contributed by atoms with E-state index in [1.807, 2.05) is 31.2 Å². The number of amidine groups is 1. The largest absolute Gasteiger partial charge is 0.494 e. The molecule has 0 aliphatic carbocycles. The molecule has 33 heavy (non-hydrogen) atoms. The number of nitrogens with one attached hydrogen (secondary N) is 1. The quantitative estimate of drug-likeness (QED) is 0.179. The predicted octanol–water partition coefficient (Wildman–Crippen LogP) is 1.27. The fourth-order valence-electron chi connectivity index (χ4n) is 3.51. The van der Waals surface area contributed by atoms with Crippen molar-refractivity contribution in [2.24, 2.45) is 21.0 Å². The first kappa shape index (κ1) is 24.0. The van der Waals surface area contributed by atoms with Crippen LogP contribution < -0.4 is 15.9 Å². The second-order valence-electron chi connectivity index (χ2n) is 7.14. The molecule has 12 nitrogen and oxygen atoms in total. The molecule has 0 amide bonds. The summed E-state index contributed by atoms with van der Waals surface area (Å²) in [6.07, 6.45) is -0.505. The third-order valence-electron chi connectivity index (χ3n) is 5.09. The maximum atomic E-state index is 11.2. The summed E-state index contributed by atoms with van der Waals surface area (Å²) in [5.41, 5.74) is 10.4. The SMILES string of the molecule is C=CN=C(N)c1nc(N/N=C/c2ccc(OCC)cc2)n(C2OC(CO)C(N=O)C2O)c1C. The zero-order valence-electron chi connectivity index (χ0n) is 18.3. The lowest BCUT2D eigenvalue weighted by molar-refractivity contribution is -0.0505. The van der Waals surface area contributed by atoms with Gasteiger partial charge in [0.1, 0.15) is 23.7 Å². The van der Waals surface area contributed by atoms with E-state index in [2.05, 4.69) is 32.3 Å². The maximum Gasteiger partial charge on any atom is 0.226 e. The Labute approximate surface area is 190 Å². The third kappa shape index (κ3) is 5.08. The number of aliphatic hydroxyl groups is 2. The summed E-state index contributed by atoms with van der Waals surface area (Å²) in [4.78, 5) is 19.6. The summed E-state index contributed by atoms with van der Waals surface area (Å²) >= 11 is 0. The Morgan fingerprint density at radius 1 is 1.42 bits per heavy atom. The highest BCUT2D eigenvalue weighted by atomic mass is 16.5. The Morgan fingerprint density at radius 2 is 2.15 bits per heavy atom. The van der Waals surface area contributed by atoms with Crippen molar-refractivity contribution in [1.29, 1.82) is 0 Å². The molecule has 0 radical (unpaired) electrons. The summed E-state index contributed by atoms with van der Waals surface area (Å²) < 4.78 is 12.6. The van der Waals surface area contributed by atoms with Crippen molar-refractivity contribution in [3.05, 3.63) is 58.9 Å². The molecule has 0 spiro atoms. The van der Waals surface area contributed by atoms with Crippen LogP contribution in [0.5, 0.6) is 5.75 Å². The molecule has 4 unspecified atom stereocenters. The molecule has 1 saturated heterocycles. The zero-order valence-corrected chi connectivity index (χ0v) is 18.3. The van der Waals surface area contributed by atoms with Gasteiger partial charge in [-0.3, -0.25) is 4.57 Å². The second kappa shape index (κ2) is 10.8. The van der Waals surface area contributed by atoms with E-state index in [4.69, 9.17) is 15.2 Å². The summed E-state index contributed by atoms with van der Waals surface area (Å²) in [5.74, 6) is 1.02. The maximum absolute atomic E-state index is 11.2. The number of hydrazone groups is 1. The van der Waals surface area contributed by atoms with Crippen LogP contribution in [0.15, 0.2) is 52.3 Å². The van der Waals surface area contributed by atoms with Crippen molar-refractivity contribution < 1.29 is 19.7 Å². The highest BCUT2D eigenvalue weighted by Crippen LogP contribution is 2.35. The number of ether oxygens (including phenoxy) is 2. The number of hydrogen-bond donors (Lipinski definition) is 4. The lowest BCUT2D eigenvalue weighted by atomic mass is 10.1. The Bertz CT molecular complexity index is 1030. The highest BCUT2D eigenvalue weighted by Gasteiger charge is 2.47. The molecule has 12 heteroatoms. The Morgan fingerprint density at radius 3 is 2.73 bits per heavy atom. The number of benzene rings is 1. The number of aromatic nitrogens is 2. The number of nitrogens with two attached hydrogens (primary N) is 1. The van der Waals surface area contributed by atoms with Crippen molar-refractivity contribution in [3.63, 3.8) is 0 Å². The molecule has 0 bridgehead atoms. The number of hydrogen-bond acceptors (Lipinski definition) is 10. The van der Waals surface area contributed by atoms with Crippen LogP contribution in [0.3, 0.4) is 0 Å². The van der Waals surface area contributed by atoms with Gasteiger partial charge >= 0.3 is 0 Å². The van der Waals surface area contributed by atoms with Gasteiger partial charge in [0, 0.05) is 6.20 Å². The van der Waals surface area contributed by atoms with Crippen molar-refractivity contribution in [2.45, 2.75) is 38.3 Å². The number of rotatable bonds is 10. The summed E-state index contributed by atoms with van der Waals surface area (Å²) in [7, 11) is 0. The molecule has 2 heterocycles. The van der Waals surface area contributed by atoms with E-state index in [9.17, 15) is 15.1 Å². The fourth-order valence-corrected chi connectivity index (χ4v) is 3.51. The Balaban J connectivity index is 1.93. The normalized spacial score (nSPS) is 23.1. The number of aliphatic imine (C=N–C) groups is 1. The molecule has 4 atom stereocenters. The molecular formula is C21H27N7O5. The van der Waals surface area contributed by atoms with Crippen molar-refractivity contribution >= 4 is 18.0 Å². The van der Waals surface area contributed by atoms with E-state index in [-0.39, 0.29) is 11.8 Å². The van der Waals surface area contributed by atoms with Gasteiger partial charge in [-0.05, 0) is 43.7 Å². The Kier molecular flexibility index (Phi) is 7.87. The van der Waals surface area contributed by atoms with E-state index in [1.165, 1.54) is 10.8 Å². The second-order valence-corrected chi connectivity index (χ2v) is 7.14. The average Bonchev–Trinajstić information content (AvgIpc) is 3.30. The predicted molar refractivity (Wildman–Crippen MR) is 123 cm³/mol. The summed E-state index contributed by atoms with van der Waals surface area (Å²) in [6, 6.07) is 6.17. The van der Waals surface area contributed by atoms with Crippen LogP contribution in [0.1, 0.15) is 30.1 Å². The van der Waals surface area contributed by atoms with Crippen LogP contribution in [0, 0.1) is 11.8 Å². The molecule has 1 aliphatic rings. The molecule has 3 rings (SSSR count). The minimum Gasteiger partial charge on any atom is -0.494 e. The minimum absolute atomic E-state index is 0.0936. The topological polar surface area (TPSA) is 169 Å². The van der Waals surface area contributed by atoms with Gasteiger partial charge in [-0.2, -0.15) is 10.0 Å². The molecule has 5 N–H and O–H groups in total. The van der Waals surface area contributed by atoms with Gasteiger partial charge in [-0.15, -0.1) is 0 Å². The molecular weight excluding hydrogens is 430 g/mol. The number of imidazole rings is 1. The molecule has 0 saturated carbocycles. The minimum atomic E-state index is -1.33. The summed E-state index contributed by atoms with van der Waals surface area (Å²) in [6.45, 7) is 7.22. The number of nitrogens with zero attached hydrogens (tertiary/aromatic N) is 5. The van der Waals surface area contributed by atoms with E-state index in [0.717, 1.165) is 11.3 Å². The van der Waals surface area contributed by atoms with E-state index >= 15 is 0 Å². The molecule has 1 aromatic heterocycles. The van der Waals surface area contributed by atoms with E-state index in [0.29, 0.717) is 18.0 Å². The van der Waals surface area contributed by atoms with Crippen LogP contribution in [-0.4, -0.2) is 63.3 Å². The smallest absolute Gasteiger partial charge is 0.226 e. The first-order valence-corrected chi connectivity index (χ1v) is 10.3. The lowest BCUT2D eigenvalue weighted by Gasteiger charge is -2.20. The third-order valence-corrected chi connectivity index (χ3v) is 5.09. The lowest BCUT2D eigenvalue weighted by Crippen LogP contribution is -2.31. The molecule has 1 fully saturated rings. The van der Waals surface area contributed by atoms with Gasteiger partial charge in [0.15, 0.2) is 18.1 Å². The van der Waals surface area contributed by atoms with E-state index < -0.39 is 31.1 Å². The van der Waals surface area contributed by atoms with Crippen LogP contribution >= 0.6 is 0 Å². The number of anilines is 1. The zero-order chi connectivity index (χ0) is 24.0. The average molecular weight is 457 g/mol. The van der Waals surface area contributed by atoms with Gasteiger partial charge in [-0.25, -0.2) is 15.4 Å². The summed E-state index contributed by atoms with van der Waals surface area (Å²) in [5, 5.41) is 27.3. The highest BCUT2D eigenvalue weighted by molar-refractivity contribution is 5.97. The first-order valence-electron chi connectivity index (χ1n) is 10.3. The van der Waals surface area contributed by atoms with Gasteiger partial charge < -0.3 is 25.4 Å². The standard InChI is InChI=1S/C21H27N7O5/c1-4-23-19(22)16-12(3)28(20-18(30)17(27-31)15(11-29)33-20)21(25-16)26-24-10-13-6-8-14(9-7-13)32-5-2/h4,6-10,15,17-18,20,29-30H,1,5,11H2,2-3H3,(H2,22,23)(H,25,26)/b24-10+. The van der Waals surface area contributed by atoms with Crippen LogP contribution in [0.2, 0.25) is 0 Å². The molecule has 176 valence electrons. The molecule has 1 aromatic carbocycles. The Hall–Kier alpha value is -3.61. The van der Waals surface area contributed by atoms with E-state index in [1.54, 1.807) is 13.1 Å². The monoisotopic (exact) mass is 457 g/mol. The van der Waals surface area contributed by atoms with Crippen LogP contribution in [0.4, 0.5) is 5.95 Å². The molecule has 1 aliphatic heterocycles. The fraction of sp³-hybridized carbons (Fsp3) is 0.381. The van der Waals surface area contributed by atoms with Gasteiger partial charge in [0.05, 0.1) is 25.1 Å². The van der Waals surface area contributed by atoms with Crippen molar-refractivity contribution in [3.8, 4) is 5.75 Å². The first-order chi connectivity index (χ1) is 15.9. The van der Waals surface area contributed by atoms with Crippen LogP contribution in [-0.2, 0) is 4.74 Å². The van der Waals surface area contributed by atoms with Crippen molar-refractivity contribution in [1.82, 2.24) is 9.55 Å². The van der Waals surface area contributed by atoms with Gasteiger partial charge in [-0.1, -0.05) is 11.8 Å². The molecule has 2 aromatic rings. The van der Waals surface area contributed by atoms with Gasteiger partial charge in [0.25, 0.3) is 0 Å². The number of nitroso groups, excluding NO2 is 1. The number of aliphatic hydroxyl groups excluding tert-OH is 2.